The minimum atomic E-state index is -4.30. The normalized spacial score (nSPS) is 14.0. The highest BCUT2D eigenvalue weighted by molar-refractivity contribution is 5.28. The zero-order valence-corrected chi connectivity index (χ0v) is 13.2. The fourth-order valence-corrected chi connectivity index (χ4v) is 2.64. The minimum Gasteiger partial charge on any atom is -0.312 e. The largest absolute Gasteiger partial charge is 0.416 e. The van der Waals surface area contributed by atoms with Crippen molar-refractivity contribution in [2.24, 2.45) is 0 Å². The van der Waals surface area contributed by atoms with E-state index in [0.29, 0.717) is 18.2 Å². The minimum absolute atomic E-state index is 0.113. The monoisotopic (exact) mass is 302 g/mol. The lowest BCUT2D eigenvalue weighted by atomic mass is 10.0. The van der Waals surface area contributed by atoms with Gasteiger partial charge in [0.15, 0.2) is 0 Å². The number of nitrogens with one attached hydrogen (secondary N) is 1. The second-order valence-corrected chi connectivity index (χ2v) is 5.37. The van der Waals surface area contributed by atoms with E-state index >= 15 is 0 Å². The average molecular weight is 302 g/mol. The van der Waals surface area contributed by atoms with Crippen LogP contribution in [0.2, 0.25) is 0 Å². The fraction of sp³-hybridized carbons (Fsp3) is 0.625. The van der Waals surface area contributed by atoms with Gasteiger partial charge in [0.05, 0.1) is 5.56 Å². The van der Waals surface area contributed by atoms with Crippen LogP contribution in [0.5, 0.6) is 0 Å². The van der Waals surface area contributed by atoms with Crippen molar-refractivity contribution in [1.29, 1.82) is 0 Å². The van der Waals surface area contributed by atoms with E-state index in [2.05, 4.69) is 24.1 Å². The highest BCUT2D eigenvalue weighted by atomic mass is 19.4. The van der Waals surface area contributed by atoms with E-state index in [9.17, 15) is 13.2 Å². The van der Waals surface area contributed by atoms with Gasteiger partial charge in [0.1, 0.15) is 0 Å². The van der Waals surface area contributed by atoms with Gasteiger partial charge in [0.25, 0.3) is 0 Å². The van der Waals surface area contributed by atoms with E-state index < -0.39 is 11.7 Å². The van der Waals surface area contributed by atoms with Gasteiger partial charge in [-0.1, -0.05) is 26.0 Å². The number of hydrogen-bond donors (Lipinski definition) is 1. The standard InChI is InChI=1S/C16H25F3N2/c1-5-14(6-2)21(4)11-15(20-3)12-8-7-9-13(10-12)16(17,18)19/h7-10,14-15,20H,5-6,11H2,1-4H3. The summed E-state index contributed by atoms with van der Waals surface area (Å²) in [5, 5.41) is 3.12. The predicted octanol–water partition coefficient (Wildman–Crippen LogP) is 4.09. The molecule has 5 heteroatoms. The molecule has 0 aliphatic carbocycles. The summed E-state index contributed by atoms with van der Waals surface area (Å²) in [6, 6.07) is 5.91. The highest BCUT2D eigenvalue weighted by Gasteiger charge is 2.31. The molecule has 1 rings (SSSR count). The SMILES string of the molecule is CCC(CC)N(C)CC(NC)c1cccc(C(F)(F)F)c1. The second kappa shape index (κ2) is 7.80. The molecule has 0 heterocycles. The predicted molar refractivity (Wildman–Crippen MR) is 80.2 cm³/mol. The Morgan fingerprint density at radius 2 is 1.81 bits per heavy atom. The first kappa shape index (κ1) is 18.0. The number of likely N-dealkylation sites (N-methyl/N-ethyl adjacent to an activating group) is 2. The molecule has 0 saturated heterocycles. The Balaban J connectivity index is 2.90. The summed E-state index contributed by atoms with van der Waals surface area (Å²) < 4.78 is 38.4. The summed E-state index contributed by atoms with van der Waals surface area (Å²) in [4.78, 5) is 2.21. The van der Waals surface area contributed by atoms with E-state index in [1.54, 1.807) is 13.1 Å². The summed E-state index contributed by atoms with van der Waals surface area (Å²) in [5.74, 6) is 0. The van der Waals surface area contributed by atoms with Crippen LogP contribution in [0, 0.1) is 0 Å². The summed E-state index contributed by atoms with van der Waals surface area (Å²) in [6.07, 6.45) is -2.23. The van der Waals surface area contributed by atoms with Crippen molar-refractivity contribution in [2.45, 2.75) is 44.9 Å². The van der Waals surface area contributed by atoms with Crippen molar-refractivity contribution in [2.75, 3.05) is 20.6 Å². The van der Waals surface area contributed by atoms with Crippen molar-refractivity contribution in [3.63, 3.8) is 0 Å². The van der Waals surface area contributed by atoms with Crippen molar-refractivity contribution in [3.8, 4) is 0 Å². The Morgan fingerprint density at radius 1 is 1.19 bits per heavy atom. The number of rotatable bonds is 7. The third-order valence-electron chi connectivity index (χ3n) is 4.00. The summed E-state index contributed by atoms with van der Waals surface area (Å²) >= 11 is 0. The maximum Gasteiger partial charge on any atom is 0.416 e. The van der Waals surface area contributed by atoms with E-state index in [-0.39, 0.29) is 6.04 Å². The lowest BCUT2D eigenvalue weighted by Crippen LogP contribution is -2.37. The molecule has 120 valence electrons. The first-order chi connectivity index (χ1) is 9.83. The van der Waals surface area contributed by atoms with Gasteiger partial charge >= 0.3 is 6.18 Å². The second-order valence-electron chi connectivity index (χ2n) is 5.37. The van der Waals surface area contributed by atoms with Gasteiger partial charge in [-0.05, 0) is 44.6 Å². The molecule has 0 bridgehead atoms. The third kappa shape index (κ3) is 5.00. The van der Waals surface area contributed by atoms with Crippen LogP contribution in [-0.2, 0) is 6.18 Å². The van der Waals surface area contributed by atoms with Crippen LogP contribution in [0.1, 0.15) is 43.9 Å². The van der Waals surface area contributed by atoms with E-state index in [0.717, 1.165) is 18.9 Å². The molecular weight excluding hydrogens is 277 g/mol. The fourth-order valence-electron chi connectivity index (χ4n) is 2.64. The maximum atomic E-state index is 12.8. The molecule has 0 spiro atoms. The van der Waals surface area contributed by atoms with Gasteiger partial charge in [-0.15, -0.1) is 0 Å². The van der Waals surface area contributed by atoms with Gasteiger partial charge < -0.3 is 10.2 Å². The van der Waals surface area contributed by atoms with Gasteiger partial charge in [-0.2, -0.15) is 13.2 Å². The van der Waals surface area contributed by atoms with E-state index in [1.807, 2.05) is 7.05 Å². The van der Waals surface area contributed by atoms with Crippen LogP contribution in [0.25, 0.3) is 0 Å². The molecule has 0 aromatic heterocycles. The Labute approximate surface area is 125 Å². The molecule has 1 unspecified atom stereocenters. The number of alkyl halides is 3. The van der Waals surface area contributed by atoms with Gasteiger partial charge in [0, 0.05) is 18.6 Å². The average Bonchev–Trinajstić information content (AvgIpc) is 2.45. The lowest BCUT2D eigenvalue weighted by molar-refractivity contribution is -0.137. The van der Waals surface area contributed by atoms with Gasteiger partial charge in [-0.3, -0.25) is 0 Å². The number of halogens is 3. The van der Waals surface area contributed by atoms with Crippen molar-refractivity contribution >= 4 is 0 Å². The summed E-state index contributed by atoms with van der Waals surface area (Å²) in [6.45, 7) is 4.94. The third-order valence-corrected chi connectivity index (χ3v) is 4.00. The number of benzene rings is 1. The van der Waals surface area contributed by atoms with Crippen LogP contribution in [0.15, 0.2) is 24.3 Å². The van der Waals surface area contributed by atoms with Gasteiger partial charge in [0.2, 0.25) is 0 Å². The lowest BCUT2D eigenvalue weighted by Gasteiger charge is -2.30. The molecule has 0 fully saturated rings. The Morgan fingerprint density at radius 3 is 2.29 bits per heavy atom. The number of hydrogen-bond acceptors (Lipinski definition) is 2. The van der Waals surface area contributed by atoms with Gasteiger partial charge in [-0.25, -0.2) is 0 Å². The topological polar surface area (TPSA) is 15.3 Å². The zero-order valence-electron chi connectivity index (χ0n) is 13.2. The van der Waals surface area contributed by atoms with E-state index in [4.69, 9.17) is 0 Å². The molecule has 0 aliphatic rings. The molecule has 0 aliphatic heterocycles. The quantitative estimate of drug-likeness (QED) is 0.816. The summed E-state index contributed by atoms with van der Waals surface area (Å²) in [7, 11) is 3.81. The molecule has 0 radical (unpaired) electrons. The van der Waals surface area contributed by atoms with Crippen molar-refractivity contribution < 1.29 is 13.2 Å². The smallest absolute Gasteiger partial charge is 0.312 e. The van der Waals surface area contributed by atoms with Crippen LogP contribution in [0.4, 0.5) is 13.2 Å². The highest BCUT2D eigenvalue weighted by Crippen LogP contribution is 2.31. The van der Waals surface area contributed by atoms with Crippen LogP contribution in [0.3, 0.4) is 0 Å². The summed E-state index contributed by atoms with van der Waals surface area (Å²) in [5.41, 5.74) is 0.0792. The molecule has 1 aromatic rings. The maximum absolute atomic E-state index is 12.8. The Kier molecular flexibility index (Phi) is 6.68. The zero-order chi connectivity index (χ0) is 16.0. The van der Waals surface area contributed by atoms with Crippen molar-refractivity contribution in [3.05, 3.63) is 35.4 Å². The van der Waals surface area contributed by atoms with Crippen LogP contribution >= 0.6 is 0 Å². The molecule has 1 aromatic carbocycles. The molecule has 2 nitrogen and oxygen atoms in total. The molecule has 0 saturated carbocycles. The van der Waals surface area contributed by atoms with Crippen molar-refractivity contribution in [1.82, 2.24) is 10.2 Å². The van der Waals surface area contributed by atoms with Crippen LogP contribution < -0.4 is 5.32 Å². The number of nitrogens with zero attached hydrogens (tertiary/aromatic N) is 1. The van der Waals surface area contributed by atoms with E-state index in [1.165, 1.54) is 12.1 Å². The molecular formula is C16H25F3N2. The molecule has 21 heavy (non-hydrogen) atoms. The van der Waals surface area contributed by atoms with Crippen LogP contribution in [-0.4, -0.2) is 31.6 Å². The first-order valence-electron chi connectivity index (χ1n) is 7.38. The first-order valence-corrected chi connectivity index (χ1v) is 7.38. The molecule has 1 atom stereocenters. The molecule has 1 N–H and O–H groups in total. The Bertz CT molecular complexity index is 428. The molecule has 0 amide bonds. The Hall–Kier alpha value is -1.07.